The van der Waals surface area contributed by atoms with E-state index in [4.69, 9.17) is 21.1 Å². The fourth-order valence-corrected chi connectivity index (χ4v) is 5.57. The quantitative estimate of drug-likeness (QED) is 0.548. The first kappa shape index (κ1) is 23.7. The zero-order valence-corrected chi connectivity index (χ0v) is 19.5. The van der Waals surface area contributed by atoms with E-state index in [1.807, 2.05) is 18.2 Å². The van der Waals surface area contributed by atoms with E-state index in [9.17, 15) is 18.0 Å². The molecule has 0 saturated carbocycles. The largest absolute Gasteiger partial charge is 0.452 e. The predicted molar refractivity (Wildman–Crippen MR) is 123 cm³/mol. The Hall–Kier alpha value is -2.46. The number of halogens is 1. The number of sulfonamides is 1. The molecule has 0 bridgehead atoms. The van der Waals surface area contributed by atoms with Crippen molar-refractivity contribution >= 4 is 39.2 Å². The molecule has 2 aromatic carbocycles. The number of nitrogens with one attached hydrogen (secondary N) is 2. The zero-order valence-electron chi connectivity index (χ0n) is 17.9. The first-order chi connectivity index (χ1) is 15.8. The number of fused-ring (bicyclic) bond motifs is 1. The smallest absolute Gasteiger partial charge is 0.338 e. The van der Waals surface area contributed by atoms with Gasteiger partial charge in [-0.1, -0.05) is 17.7 Å². The van der Waals surface area contributed by atoms with Crippen LogP contribution in [0.25, 0.3) is 0 Å². The van der Waals surface area contributed by atoms with E-state index in [1.54, 1.807) is 0 Å². The summed E-state index contributed by atoms with van der Waals surface area (Å²) in [6.45, 7) is 0.225. The number of anilines is 1. The first-order valence-corrected chi connectivity index (χ1v) is 12.7. The van der Waals surface area contributed by atoms with Crippen molar-refractivity contribution in [2.75, 3.05) is 25.1 Å². The van der Waals surface area contributed by atoms with E-state index in [2.05, 4.69) is 10.0 Å². The highest BCUT2D eigenvalue weighted by atomic mass is 35.5. The van der Waals surface area contributed by atoms with Crippen LogP contribution in [0.3, 0.4) is 0 Å². The van der Waals surface area contributed by atoms with E-state index < -0.39 is 28.5 Å². The molecule has 1 saturated heterocycles. The van der Waals surface area contributed by atoms with Gasteiger partial charge in [0.2, 0.25) is 10.0 Å². The number of amides is 1. The van der Waals surface area contributed by atoms with Crippen molar-refractivity contribution in [2.24, 2.45) is 0 Å². The van der Waals surface area contributed by atoms with Crippen LogP contribution in [0, 0.1) is 0 Å². The van der Waals surface area contributed by atoms with Gasteiger partial charge in [0, 0.05) is 18.8 Å². The number of benzene rings is 2. The number of ether oxygens (including phenoxy) is 2. The van der Waals surface area contributed by atoms with Gasteiger partial charge in [0.05, 0.1) is 16.7 Å². The van der Waals surface area contributed by atoms with E-state index in [0.717, 1.165) is 38.2 Å². The molecule has 2 aromatic rings. The highest BCUT2D eigenvalue weighted by Gasteiger charge is 2.24. The van der Waals surface area contributed by atoms with Crippen LogP contribution >= 0.6 is 11.6 Å². The third-order valence-corrected chi connectivity index (χ3v) is 7.60. The second-order valence-corrected chi connectivity index (χ2v) is 10.2. The van der Waals surface area contributed by atoms with Crippen molar-refractivity contribution in [3.05, 3.63) is 58.1 Å². The summed E-state index contributed by atoms with van der Waals surface area (Å²) in [4.78, 5) is 24.4. The molecule has 176 valence electrons. The number of rotatable bonds is 8. The molecule has 0 aromatic heterocycles. The average Bonchev–Trinajstić information content (AvgIpc) is 3.48. The molecule has 0 spiro atoms. The lowest BCUT2D eigenvalue weighted by Gasteiger charge is -2.13. The Morgan fingerprint density at radius 3 is 2.70 bits per heavy atom. The highest BCUT2D eigenvalue weighted by molar-refractivity contribution is 7.89. The minimum absolute atomic E-state index is 0.0257. The van der Waals surface area contributed by atoms with Crippen LogP contribution in [0.4, 0.5) is 5.69 Å². The summed E-state index contributed by atoms with van der Waals surface area (Å²) in [5, 5.41) is 2.68. The fraction of sp³-hybridized carbons (Fsp3) is 0.391. The second-order valence-electron chi connectivity index (χ2n) is 8.09. The van der Waals surface area contributed by atoms with Crippen molar-refractivity contribution in [1.82, 2.24) is 4.72 Å². The number of aryl methyl sites for hydroxylation is 2. The van der Waals surface area contributed by atoms with Crippen molar-refractivity contribution < 1.29 is 27.5 Å². The lowest BCUT2D eigenvalue weighted by molar-refractivity contribution is -0.119. The summed E-state index contributed by atoms with van der Waals surface area (Å²) in [6.07, 6.45) is 4.61. The van der Waals surface area contributed by atoms with E-state index in [1.165, 1.54) is 23.3 Å². The van der Waals surface area contributed by atoms with Gasteiger partial charge in [-0.05, 0) is 73.6 Å². The molecular weight excluding hydrogens is 468 g/mol. The van der Waals surface area contributed by atoms with Gasteiger partial charge in [-0.25, -0.2) is 17.9 Å². The Kier molecular flexibility index (Phi) is 7.33. The molecule has 1 amide bonds. The number of esters is 1. The Balaban J connectivity index is 1.35. The van der Waals surface area contributed by atoms with Crippen LogP contribution in [0.15, 0.2) is 41.3 Å². The van der Waals surface area contributed by atoms with Gasteiger partial charge in [0.1, 0.15) is 4.90 Å². The van der Waals surface area contributed by atoms with Gasteiger partial charge < -0.3 is 14.8 Å². The highest BCUT2D eigenvalue weighted by Crippen LogP contribution is 2.25. The van der Waals surface area contributed by atoms with Crippen molar-refractivity contribution in [3.8, 4) is 0 Å². The molecule has 1 aliphatic heterocycles. The third kappa shape index (κ3) is 5.92. The van der Waals surface area contributed by atoms with Gasteiger partial charge >= 0.3 is 5.97 Å². The number of carbonyl (C=O) groups excluding carboxylic acids is 2. The Morgan fingerprint density at radius 1 is 1.09 bits per heavy atom. The molecule has 1 aliphatic carbocycles. The lowest BCUT2D eigenvalue weighted by atomic mass is 10.1. The molecule has 2 N–H and O–H groups in total. The maximum absolute atomic E-state index is 12.7. The monoisotopic (exact) mass is 492 g/mol. The van der Waals surface area contributed by atoms with Crippen LogP contribution in [0.1, 0.15) is 40.7 Å². The molecule has 1 heterocycles. The van der Waals surface area contributed by atoms with Crippen molar-refractivity contribution in [3.63, 3.8) is 0 Å². The van der Waals surface area contributed by atoms with Crippen molar-refractivity contribution in [1.29, 1.82) is 0 Å². The number of hydrogen-bond acceptors (Lipinski definition) is 6. The van der Waals surface area contributed by atoms with Crippen LogP contribution in [0.2, 0.25) is 5.02 Å². The van der Waals surface area contributed by atoms with Crippen LogP contribution in [-0.2, 0) is 37.1 Å². The minimum atomic E-state index is -3.96. The van der Waals surface area contributed by atoms with Gasteiger partial charge in [-0.2, -0.15) is 0 Å². The number of hydrogen-bond donors (Lipinski definition) is 2. The van der Waals surface area contributed by atoms with Crippen molar-refractivity contribution in [2.45, 2.75) is 43.1 Å². The standard InChI is InChI=1S/C23H25ClN2O6S/c24-20-9-7-17(12-21(20)33(29,30)25-13-19-5-2-10-31-19)23(28)32-14-22(27)26-18-8-6-15-3-1-4-16(15)11-18/h6-9,11-12,19,25H,1-5,10,13-14H2,(H,26,27). The Morgan fingerprint density at radius 2 is 1.91 bits per heavy atom. The van der Waals surface area contributed by atoms with E-state index >= 15 is 0 Å². The van der Waals surface area contributed by atoms with Gasteiger partial charge in [0.25, 0.3) is 5.91 Å². The molecule has 33 heavy (non-hydrogen) atoms. The molecule has 1 fully saturated rings. The summed E-state index contributed by atoms with van der Waals surface area (Å²) in [6, 6.07) is 9.55. The Labute approximate surface area is 197 Å². The van der Waals surface area contributed by atoms with Crippen LogP contribution < -0.4 is 10.0 Å². The molecule has 1 unspecified atom stereocenters. The van der Waals surface area contributed by atoms with Gasteiger partial charge in [-0.3, -0.25) is 4.79 Å². The molecule has 1 atom stereocenters. The molecule has 4 rings (SSSR count). The topological polar surface area (TPSA) is 111 Å². The lowest BCUT2D eigenvalue weighted by Crippen LogP contribution is -2.32. The van der Waals surface area contributed by atoms with E-state index in [-0.39, 0.29) is 28.1 Å². The summed E-state index contributed by atoms with van der Waals surface area (Å²) >= 11 is 6.07. The SMILES string of the molecule is O=C(COC(=O)c1ccc(Cl)c(S(=O)(=O)NCC2CCCO2)c1)Nc1ccc2c(c1)CCC2. The zero-order chi connectivity index (χ0) is 23.4. The predicted octanol–water partition coefficient (Wildman–Crippen LogP) is 3.08. The van der Waals surface area contributed by atoms with Crippen LogP contribution in [0.5, 0.6) is 0 Å². The minimum Gasteiger partial charge on any atom is -0.452 e. The third-order valence-electron chi connectivity index (χ3n) is 5.70. The molecule has 2 aliphatic rings. The van der Waals surface area contributed by atoms with Gasteiger partial charge in [0.15, 0.2) is 6.61 Å². The van der Waals surface area contributed by atoms with Crippen LogP contribution in [-0.4, -0.2) is 46.2 Å². The maximum atomic E-state index is 12.7. The molecule has 0 radical (unpaired) electrons. The molecular formula is C23H25ClN2O6S. The normalized spacial score (nSPS) is 17.5. The summed E-state index contributed by atoms with van der Waals surface area (Å²) in [5.41, 5.74) is 3.13. The second kappa shape index (κ2) is 10.2. The fourth-order valence-electron chi connectivity index (χ4n) is 3.98. The summed E-state index contributed by atoms with van der Waals surface area (Å²) in [7, 11) is -3.96. The van der Waals surface area contributed by atoms with Gasteiger partial charge in [-0.15, -0.1) is 0 Å². The summed E-state index contributed by atoms with van der Waals surface area (Å²) < 4.78 is 38.3. The molecule has 8 nitrogen and oxygen atoms in total. The Bertz CT molecular complexity index is 1160. The maximum Gasteiger partial charge on any atom is 0.338 e. The molecule has 10 heteroatoms. The first-order valence-electron chi connectivity index (χ1n) is 10.8. The average molecular weight is 493 g/mol. The number of carbonyl (C=O) groups is 2. The van der Waals surface area contributed by atoms with E-state index in [0.29, 0.717) is 12.3 Å². The summed E-state index contributed by atoms with van der Waals surface area (Å²) in [5.74, 6) is -1.31.